The Balaban J connectivity index is 1.83. The van der Waals surface area contributed by atoms with Crippen LogP contribution in [0.4, 0.5) is 0 Å². The quantitative estimate of drug-likeness (QED) is 0.840. The van der Waals surface area contributed by atoms with Gasteiger partial charge in [0.25, 0.3) is 0 Å². The number of carbonyl (C=O) groups excluding carboxylic acids is 2. The second-order valence-electron chi connectivity index (χ2n) is 6.72. The Bertz CT molecular complexity index is 557. The van der Waals surface area contributed by atoms with Gasteiger partial charge in [-0.3, -0.25) is 9.59 Å². The zero-order valence-electron chi connectivity index (χ0n) is 13.4. The summed E-state index contributed by atoms with van der Waals surface area (Å²) in [6, 6.07) is 2.18. The Labute approximate surface area is 136 Å². The highest BCUT2D eigenvalue weighted by molar-refractivity contribution is 7.08. The largest absolute Gasteiger partial charge is 0.338 e. The van der Waals surface area contributed by atoms with Gasteiger partial charge in [0.15, 0.2) is 0 Å². The minimum absolute atomic E-state index is 0.156. The van der Waals surface area contributed by atoms with Crippen molar-refractivity contribution in [1.82, 2.24) is 9.80 Å². The van der Waals surface area contributed by atoms with Gasteiger partial charge in [-0.2, -0.15) is 11.3 Å². The molecule has 5 heteroatoms. The first kappa shape index (κ1) is 15.5. The molecule has 2 saturated heterocycles. The van der Waals surface area contributed by atoms with Crippen molar-refractivity contribution in [2.45, 2.75) is 57.0 Å². The molecule has 2 atom stereocenters. The third kappa shape index (κ3) is 2.67. The van der Waals surface area contributed by atoms with E-state index in [-0.39, 0.29) is 23.4 Å². The van der Waals surface area contributed by atoms with Gasteiger partial charge in [-0.25, -0.2) is 0 Å². The first-order valence-electron chi connectivity index (χ1n) is 8.09. The molecular formula is C17H24N2O2S. The molecular weight excluding hydrogens is 296 g/mol. The summed E-state index contributed by atoms with van der Waals surface area (Å²) < 4.78 is 0. The van der Waals surface area contributed by atoms with E-state index in [1.54, 1.807) is 11.3 Å². The normalized spacial score (nSPS) is 29.2. The number of amides is 2. The number of nitrogens with zero attached hydrogens (tertiary/aromatic N) is 2. The van der Waals surface area contributed by atoms with Gasteiger partial charge in [0.2, 0.25) is 11.8 Å². The maximum atomic E-state index is 12.8. The van der Waals surface area contributed by atoms with Crippen molar-refractivity contribution in [2.75, 3.05) is 13.6 Å². The highest BCUT2D eigenvalue weighted by Gasteiger charge is 2.48. The molecule has 2 fully saturated rings. The highest BCUT2D eigenvalue weighted by Crippen LogP contribution is 2.38. The van der Waals surface area contributed by atoms with Crippen LogP contribution in [-0.4, -0.2) is 46.8 Å². The Kier molecular flexibility index (Phi) is 4.26. The summed E-state index contributed by atoms with van der Waals surface area (Å²) in [6.07, 6.45) is 4.93. The predicted molar refractivity (Wildman–Crippen MR) is 87.8 cm³/mol. The molecule has 0 radical (unpaired) electrons. The van der Waals surface area contributed by atoms with Crippen molar-refractivity contribution in [3.8, 4) is 0 Å². The lowest BCUT2D eigenvalue weighted by Gasteiger charge is -2.51. The molecule has 0 saturated carbocycles. The number of piperidine rings is 1. The molecule has 2 amide bonds. The molecule has 0 aliphatic carbocycles. The summed E-state index contributed by atoms with van der Waals surface area (Å²) in [4.78, 5) is 28.9. The smallest absolute Gasteiger partial charge is 0.227 e. The Morgan fingerprint density at radius 1 is 1.45 bits per heavy atom. The average molecular weight is 320 g/mol. The van der Waals surface area contributed by atoms with Gasteiger partial charge >= 0.3 is 0 Å². The van der Waals surface area contributed by atoms with Crippen molar-refractivity contribution in [1.29, 1.82) is 0 Å². The summed E-state index contributed by atoms with van der Waals surface area (Å²) >= 11 is 1.63. The molecule has 4 nitrogen and oxygen atoms in total. The molecule has 3 rings (SSSR count). The third-order valence-electron chi connectivity index (χ3n) is 5.45. The van der Waals surface area contributed by atoms with Crippen LogP contribution < -0.4 is 0 Å². The van der Waals surface area contributed by atoms with E-state index in [2.05, 4.69) is 11.8 Å². The molecule has 2 aliphatic rings. The van der Waals surface area contributed by atoms with E-state index in [0.717, 1.165) is 37.8 Å². The molecule has 0 bridgehead atoms. The Morgan fingerprint density at radius 2 is 2.27 bits per heavy atom. The standard InChI is InChI=1S/C17H24N2O2S/c1-17-8-3-4-9-19(14(17)5-6-15(20)18(17)2)16(21)11-13-7-10-22-12-13/h7,10,12,14H,3-6,8-9,11H2,1-2H3/t14-,17-/m0/s1. The van der Waals surface area contributed by atoms with E-state index in [4.69, 9.17) is 0 Å². The fourth-order valence-electron chi connectivity index (χ4n) is 3.96. The number of carbonyl (C=O) groups is 2. The van der Waals surface area contributed by atoms with E-state index in [0.29, 0.717) is 12.8 Å². The highest BCUT2D eigenvalue weighted by atomic mass is 32.1. The number of thiophene rings is 1. The molecule has 1 aromatic rings. The number of rotatable bonds is 2. The van der Waals surface area contributed by atoms with Gasteiger partial charge in [0.05, 0.1) is 18.0 Å². The second-order valence-corrected chi connectivity index (χ2v) is 7.50. The molecule has 22 heavy (non-hydrogen) atoms. The van der Waals surface area contributed by atoms with Crippen LogP contribution in [0.25, 0.3) is 0 Å². The summed E-state index contributed by atoms with van der Waals surface area (Å²) in [6.45, 7) is 2.98. The fourth-order valence-corrected chi connectivity index (χ4v) is 4.63. The lowest BCUT2D eigenvalue weighted by Crippen LogP contribution is -2.64. The molecule has 0 aromatic carbocycles. The molecule has 0 unspecified atom stereocenters. The molecule has 0 spiro atoms. The lowest BCUT2D eigenvalue weighted by atomic mass is 9.79. The van der Waals surface area contributed by atoms with Crippen molar-refractivity contribution < 1.29 is 9.59 Å². The van der Waals surface area contributed by atoms with Crippen LogP contribution >= 0.6 is 11.3 Å². The predicted octanol–water partition coefficient (Wildman–Crippen LogP) is 2.68. The average Bonchev–Trinajstić information content (AvgIpc) is 2.92. The first-order valence-corrected chi connectivity index (χ1v) is 9.04. The molecule has 2 aliphatic heterocycles. The summed E-state index contributed by atoms with van der Waals surface area (Å²) in [5.41, 5.74) is 0.886. The summed E-state index contributed by atoms with van der Waals surface area (Å²) in [5.74, 6) is 0.421. The van der Waals surface area contributed by atoms with Crippen molar-refractivity contribution in [2.24, 2.45) is 0 Å². The Morgan fingerprint density at radius 3 is 3.00 bits per heavy atom. The van der Waals surface area contributed by atoms with Crippen LogP contribution in [0.15, 0.2) is 16.8 Å². The third-order valence-corrected chi connectivity index (χ3v) is 6.19. The van der Waals surface area contributed by atoms with E-state index in [1.807, 2.05) is 28.8 Å². The number of likely N-dealkylation sites (N-methyl/N-ethyl adjacent to an activating group) is 1. The van der Waals surface area contributed by atoms with E-state index >= 15 is 0 Å². The maximum Gasteiger partial charge on any atom is 0.227 e. The van der Waals surface area contributed by atoms with Crippen LogP contribution in [-0.2, 0) is 16.0 Å². The van der Waals surface area contributed by atoms with E-state index in [9.17, 15) is 9.59 Å². The van der Waals surface area contributed by atoms with E-state index in [1.165, 1.54) is 0 Å². The van der Waals surface area contributed by atoms with Gasteiger partial charge < -0.3 is 9.80 Å². The minimum Gasteiger partial charge on any atom is -0.338 e. The van der Waals surface area contributed by atoms with E-state index < -0.39 is 0 Å². The Hall–Kier alpha value is -1.36. The number of hydrogen-bond donors (Lipinski definition) is 0. The fraction of sp³-hybridized carbons (Fsp3) is 0.647. The molecule has 3 heterocycles. The van der Waals surface area contributed by atoms with Gasteiger partial charge in [-0.15, -0.1) is 0 Å². The molecule has 120 valence electrons. The van der Waals surface area contributed by atoms with Crippen molar-refractivity contribution in [3.63, 3.8) is 0 Å². The van der Waals surface area contributed by atoms with Gasteiger partial charge in [-0.1, -0.05) is 0 Å². The van der Waals surface area contributed by atoms with Crippen LogP contribution in [0.1, 0.15) is 44.6 Å². The van der Waals surface area contributed by atoms with Crippen LogP contribution in [0, 0.1) is 0 Å². The van der Waals surface area contributed by atoms with Crippen molar-refractivity contribution in [3.05, 3.63) is 22.4 Å². The maximum absolute atomic E-state index is 12.8. The molecule has 1 aromatic heterocycles. The SMILES string of the molecule is CN1C(=O)CC[C@@H]2N(C(=O)Cc3ccsc3)CCCC[C@@]21C. The number of fused-ring (bicyclic) bond motifs is 1. The zero-order chi connectivity index (χ0) is 15.7. The second kappa shape index (κ2) is 6.03. The van der Waals surface area contributed by atoms with Crippen LogP contribution in [0.5, 0.6) is 0 Å². The number of hydrogen-bond acceptors (Lipinski definition) is 3. The topological polar surface area (TPSA) is 40.6 Å². The molecule has 0 N–H and O–H groups in total. The van der Waals surface area contributed by atoms with Crippen molar-refractivity contribution >= 4 is 23.2 Å². The van der Waals surface area contributed by atoms with Crippen LogP contribution in [0.3, 0.4) is 0 Å². The van der Waals surface area contributed by atoms with Crippen LogP contribution in [0.2, 0.25) is 0 Å². The lowest BCUT2D eigenvalue weighted by molar-refractivity contribution is -0.150. The first-order chi connectivity index (χ1) is 10.5. The monoisotopic (exact) mass is 320 g/mol. The minimum atomic E-state index is -0.212. The van der Waals surface area contributed by atoms with Gasteiger partial charge in [0, 0.05) is 20.0 Å². The summed E-state index contributed by atoms with van der Waals surface area (Å²) in [7, 11) is 1.90. The number of likely N-dealkylation sites (tertiary alicyclic amines) is 2. The van der Waals surface area contributed by atoms with Gasteiger partial charge in [0.1, 0.15) is 0 Å². The zero-order valence-corrected chi connectivity index (χ0v) is 14.2. The van der Waals surface area contributed by atoms with Gasteiger partial charge in [-0.05, 0) is 55.0 Å². The summed E-state index contributed by atoms with van der Waals surface area (Å²) in [5, 5.41) is 4.06.